The van der Waals surface area contributed by atoms with Crippen molar-refractivity contribution in [2.75, 3.05) is 33.4 Å². The van der Waals surface area contributed by atoms with E-state index < -0.39 is 0 Å². The number of ether oxygens (including phenoxy) is 1. The predicted molar refractivity (Wildman–Crippen MR) is 97.0 cm³/mol. The van der Waals surface area contributed by atoms with Gasteiger partial charge in [0.25, 0.3) is 0 Å². The molecule has 3 atom stereocenters. The smallest absolute Gasteiger partial charge is 0.223 e. The summed E-state index contributed by atoms with van der Waals surface area (Å²) in [6.45, 7) is 3.11. The molecule has 138 valence electrons. The van der Waals surface area contributed by atoms with E-state index in [1.54, 1.807) is 7.11 Å². The van der Waals surface area contributed by atoms with Crippen molar-refractivity contribution in [2.45, 2.75) is 31.7 Å². The number of carbonyl (C=O) groups excluding carboxylic acids is 1. The van der Waals surface area contributed by atoms with Crippen LogP contribution in [0.1, 0.15) is 37.3 Å². The average molecular weight is 346 g/mol. The summed E-state index contributed by atoms with van der Waals surface area (Å²) in [5.41, 5.74) is 1.12. The van der Waals surface area contributed by atoms with Crippen LogP contribution in [0.3, 0.4) is 0 Å². The number of methoxy groups -OCH3 is 1. The van der Waals surface area contributed by atoms with Gasteiger partial charge in [-0.25, -0.2) is 0 Å². The molecule has 2 heterocycles. The first-order valence-corrected chi connectivity index (χ1v) is 9.31. The molecule has 1 unspecified atom stereocenters. The normalized spacial score (nSPS) is 26.6. The Labute approximate surface area is 150 Å². The molecular weight excluding hydrogens is 316 g/mol. The summed E-state index contributed by atoms with van der Waals surface area (Å²) in [6.07, 6.45) is 12.7. The van der Waals surface area contributed by atoms with Gasteiger partial charge in [0.2, 0.25) is 5.91 Å². The van der Waals surface area contributed by atoms with Gasteiger partial charge >= 0.3 is 0 Å². The van der Waals surface area contributed by atoms with Crippen molar-refractivity contribution < 1.29 is 9.53 Å². The van der Waals surface area contributed by atoms with E-state index in [0.29, 0.717) is 19.6 Å². The summed E-state index contributed by atoms with van der Waals surface area (Å²) in [6, 6.07) is 0.0927. The van der Waals surface area contributed by atoms with Gasteiger partial charge in [-0.2, -0.15) is 5.10 Å². The quantitative estimate of drug-likeness (QED) is 0.731. The Morgan fingerprint density at radius 1 is 1.36 bits per heavy atom. The maximum absolute atomic E-state index is 12.6. The molecule has 1 aliphatic carbocycles. The number of likely N-dealkylation sites (tertiary alicyclic amines) is 1. The Hall–Kier alpha value is -1.66. The number of rotatable bonds is 8. The Morgan fingerprint density at radius 3 is 2.92 bits per heavy atom. The van der Waals surface area contributed by atoms with Crippen molar-refractivity contribution in [3.05, 3.63) is 30.1 Å². The van der Waals surface area contributed by atoms with Gasteiger partial charge in [0, 0.05) is 51.3 Å². The number of hydrogen-bond donors (Lipinski definition) is 1. The molecule has 25 heavy (non-hydrogen) atoms. The van der Waals surface area contributed by atoms with Gasteiger partial charge in [0.05, 0.1) is 18.8 Å². The largest absolute Gasteiger partial charge is 0.383 e. The first-order chi connectivity index (χ1) is 12.2. The molecular formula is C19H30N4O2. The van der Waals surface area contributed by atoms with Crippen LogP contribution in [0.15, 0.2) is 24.5 Å². The Morgan fingerprint density at radius 2 is 2.24 bits per heavy atom. The molecule has 0 bridgehead atoms. The zero-order chi connectivity index (χ0) is 17.6. The highest BCUT2D eigenvalue weighted by molar-refractivity contribution is 5.79. The van der Waals surface area contributed by atoms with E-state index in [2.05, 4.69) is 22.6 Å². The fraction of sp³-hybridized carbons (Fsp3) is 0.684. The summed E-state index contributed by atoms with van der Waals surface area (Å²) >= 11 is 0. The van der Waals surface area contributed by atoms with Crippen LogP contribution in [0.25, 0.3) is 0 Å². The molecule has 1 aromatic heterocycles. The van der Waals surface area contributed by atoms with Crippen LogP contribution in [-0.4, -0.2) is 53.9 Å². The van der Waals surface area contributed by atoms with Crippen molar-refractivity contribution in [2.24, 2.45) is 18.9 Å². The zero-order valence-electron chi connectivity index (χ0n) is 15.4. The highest BCUT2D eigenvalue weighted by Gasteiger charge is 2.40. The van der Waals surface area contributed by atoms with Crippen LogP contribution in [0, 0.1) is 11.8 Å². The molecule has 0 aromatic carbocycles. The lowest BCUT2D eigenvalue weighted by Crippen LogP contribution is -2.34. The Bertz CT molecular complexity index is 598. The number of aromatic nitrogens is 2. The van der Waals surface area contributed by atoms with Gasteiger partial charge < -0.3 is 15.0 Å². The van der Waals surface area contributed by atoms with Crippen molar-refractivity contribution in [3.63, 3.8) is 0 Å². The van der Waals surface area contributed by atoms with Crippen molar-refractivity contribution >= 4 is 5.91 Å². The maximum atomic E-state index is 12.6. The highest BCUT2D eigenvalue weighted by atomic mass is 16.5. The van der Waals surface area contributed by atoms with E-state index in [0.717, 1.165) is 24.6 Å². The number of allylic oxidation sites excluding steroid dienone is 2. The number of hydrogen-bond acceptors (Lipinski definition) is 4. The predicted octanol–water partition coefficient (Wildman–Crippen LogP) is 1.90. The lowest BCUT2D eigenvalue weighted by molar-refractivity contribution is -0.129. The number of nitrogens with one attached hydrogen (secondary N) is 1. The summed E-state index contributed by atoms with van der Waals surface area (Å²) < 4.78 is 7.01. The molecule has 3 rings (SSSR count). The van der Waals surface area contributed by atoms with E-state index in [1.165, 1.54) is 19.3 Å². The fourth-order valence-corrected chi connectivity index (χ4v) is 4.06. The molecule has 1 N–H and O–H groups in total. The second-order valence-corrected chi connectivity index (χ2v) is 7.25. The maximum Gasteiger partial charge on any atom is 0.223 e. The van der Waals surface area contributed by atoms with E-state index in [1.807, 2.05) is 29.0 Å². The third-order valence-corrected chi connectivity index (χ3v) is 5.36. The number of amides is 1. The van der Waals surface area contributed by atoms with Crippen LogP contribution in [0.5, 0.6) is 0 Å². The molecule has 1 fully saturated rings. The van der Waals surface area contributed by atoms with Crippen LogP contribution >= 0.6 is 0 Å². The summed E-state index contributed by atoms with van der Waals surface area (Å²) in [7, 11) is 3.60. The zero-order valence-corrected chi connectivity index (χ0v) is 15.4. The molecule has 1 aromatic rings. The van der Waals surface area contributed by atoms with E-state index >= 15 is 0 Å². The third-order valence-electron chi connectivity index (χ3n) is 5.36. The molecule has 6 nitrogen and oxygen atoms in total. The molecule has 1 saturated heterocycles. The van der Waals surface area contributed by atoms with Crippen molar-refractivity contribution in [1.82, 2.24) is 20.0 Å². The van der Waals surface area contributed by atoms with E-state index in [-0.39, 0.29) is 17.9 Å². The topological polar surface area (TPSA) is 59.4 Å². The molecule has 2 aliphatic rings. The number of nitrogens with zero attached hydrogens (tertiary/aromatic N) is 3. The molecule has 0 radical (unpaired) electrons. The van der Waals surface area contributed by atoms with Crippen molar-refractivity contribution in [1.29, 1.82) is 0 Å². The van der Waals surface area contributed by atoms with Crippen LogP contribution in [0.2, 0.25) is 0 Å². The SMILES string of the molecule is COCCN1C(=O)C[C@@H](CNCC2CC=CCC2)[C@@H]1c1cnn(C)c1. The number of aryl methyl sites for hydroxylation is 1. The Kier molecular flexibility index (Phi) is 6.26. The fourth-order valence-electron chi connectivity index (χ4n) is 4.06. The van der Waals surface area contributed by atoms with E-state index in [4.69, 9.17) is 4.74 Å². The summed E-state index contributed by atoms with van der Waals surface area (Å²) in [5, 5.41) is 7.94. The van der Waals surface area contributed by atoms with Gasteiger partial charge in [-0.15, -0.1) is 0 Å². The minimum absolute atomic E-state index is 0.0927. The highest BCUT2D eigenvalue weighted by Crippen LogP contribution is 2.37. The van der Waals surface area contributed by atoms with Crippen LogP contribution < -0.4 is 5.32 Å². The monoisotopic (exact) mass is 346 g/mol. The van der Waals surface area contributed by atoms with Gasteiger partial charge in [-0.1, -0.05) is 12.2 Å². The molecule has 1 aliphatic heterocycles. The summed E-state index contributed by atoms with van der Waals surface area (Å²) in [4.78, 5) is 14.5. The van der Waals surface area contributed by atoms with Crippen molar-refractivity contribution in [3.8, 4) is 0 Å². The molecule has 1 amide bonds. The first-order valence-electron chi connectivity index (χ1n) is 9.31. The second kappa shape index (κ2) is 8.63. The molecule has 0 saturated carbocycles. The second-order valence-electron chi connectivity index (χ2n) is 7.25. The first kappa shape index (κ1) is 18.1. The van der Waals surface area contributed by atoms with Crippen LogP contribution in [-0.2, 0) is 16.6 Å². The van der Waals surface area contributed by atoms with E-state index in [9.17, 15) is 4.79 Å². The number of carbonyl (C=O) groups is 1. The summed E-state index contributed by atoms with van der Waals surface area (Å²) in [5.74, 6) is 1.23. The average Bonchev–Trinajstić information content (AvgIpc) is 3.17. The van der Waals surface area contributed by atoms with Gasteiger partial charge in [-0.3, -0.25) is 9.48 Å². The minimum atomic E-state index is 0.0927. The van der Waals surface area contributed by atoms with Crippen LogP contribution in [0.4, 0.5) is 0 Å². The van der Waals surface area contributed by atoms with Gasteiger partial charge in [0.15, 0.2) is 0 Å². The Balaban J connectivity index is 1.63. The van der Waals surface area contributed by atoms with Gasteiger partial charge in [0.1, 0.15) is 0 Å². The lowest BCUT2D eigenvalue weighted by Gasteiger charge is -2.28. The standard InChI is InChI=1S/C19H30N4O2/c1-22-14-17(13-21-22)19-16(10-18(24)23(19)8-9-25-2)12-20-11-15-6-4-3-5-7-15/h3-4,13-16,19-20H,5-12H2,1-2H3/t15?,16-,19+/m0/s1. The minimum Gasteiger partial charge on any atom is -0.383 e. The third kappa shape index (κ3) is 4.50. The lowest BCUT2D eigenvalue weighted by atomic mass is 9.93. The molecule has 0 spiro atoms. The van der Waals surface area contributed by atoms with Gasteiger partial charge in [-0.05, 0) is 31.7 Å². The molecule has 6 heteroatoms.